The van der Waals surface area contributed by atoms with E-state index in [9.17, 15) is 0 Å². The van der Waals surface area contributed by atoms with Gasteiger partial charge >= 0.3 is 0 Å². The maximum Gasteiger partial charge on any atom is 0.129 e. The first-order valence-electron chi connectivity index (χ1n) is 4.38. The summed E-state index contributed by atoms with van der Waals surface area (Å²) in [5.41, 5.74) is 2.24. The molecule has 3 heteroatoms. The van der Waals surface area contributed by atoms with Crippen LogP contribution in [0.1, 0.15) is 0 Å². The average molecular weight is 247 g/mol. The fourth-order valence-corrected chi connectivity index (χ4v) is 2.07. The number of fused-ring (bicyclic) bond motifs is 3. The average Bonchev–Trinajstić information content (AvgIpc) is 2.59. The third kappa shape index (κ3) is 1.06. The van der Waals surface area contributed by atoms with Crippen LogP contribution in [0.2, 0.25) is 0 Å². The highest BCUT2D eigenvalue weighted by molar-refractivity contribution is 9.10. The summed E-state index contributed by atoms with van der Waals surface area (Å²) < 4.78 is 2.81. The van der Waals surface area contributed by atoms with Crippen LogP contribution in [0.5, 0.6) is 0 Å². The molecule has 0 atom stereocenters. The van der Waals surface area contributed by atoms with E-state index in [1.807, 2.05) is 22.7 Å². The van der Waals surface area contributed by atoms with E-state index in [1.165, 1.54) is 5.39 Å². The van der Waals surface area contributed by atoms with Gasteiger partial charge in [-0.1, -0.05) is 24.3 Å². The molecule has 0 unspecified atom stereocenters. The zero-order valence-electron chi connectivity index (χ0n) is 7.31. The SMILES string of the molecule is Brc1cc2ccc3ccccc3n2n1. The van der Waals surface area contributed by atoms with Gasteiger partial charge in [-0.05, 0) is 34.1 Å². The molecule has 14 heavy (non-hydrogen) atoms. The Morgan fingerprint density at radius 2 is 1.93 bits per heavy atom. The molecule has 0 aliphatic carbocycles. The van der Waals surface area contributed by atoms with Crippen molar-refractivity contribution in [2.45, 2.75) is 0 Å². The highest BCUT2D eigenvalue weighted by Crippen LogP contribution is 2.19. The van der Waals surface area contributed by atoms with Gasteiger partial charge in [-0.25, -0.2) is 4.52 Å². The second-order valence-electron chi connectivity index (χ2n) is 3.20. The van der Waals surface area contributed by atoms with Crippen LogP contribution in [0.15, 0.2) is 47.1 Å². The lowest BCUT2D eigenvalue weighted by Gasteiger charge is -1.99. The van der Waals surface area contributed by atoms with Gasteiger partial charge in [0.25, 0.3) is 0 Å². The van der Waals surface area contributed by atoms with Crippen LogP contribution in [0.3, 0.4) is 0 Å². The fraction of sp³-hybridized carbons (Fsp3) is 0. The molecule has 0 aliphatic heterocycles. The molecule has 3 rings (SSSR count). The van der Waals surface area contributed by atoms with E-state index in [2.05, 4.69) is 45.3 Å². The number of para-hydroxylation sites is 1. The van der Waals surface area contributed by atoms with E-state index in [1.54, 1.807) is 0 Å². The number of hydrogen-bond donors (Lipinski definition) is 0. The number of halogens is 1. The zero-order chi connectivity index (χ0) is 9.54. The van der Waals surface area contributed by atoms with E-state index in [0.717, 1.165) is 15.6 Å². The summed E-state index contributed by atoms with van der Waals surface area (Å²) in [5.74, 6) is 0. The van der Waals surface area contributed by atoms with Gasteiger partial charge in [0, 0.05) is 5.39 Å². The second kappa shape index (κ2) is 2.82. The third-order valence-electron chi connectivity index (χ3n) is 2.31. The molecule has 0 aliphatic rings. The number of benzene rings is 1. The van der Waals surface area contributed by atoms with Crippen molar-refractivity contribution in [3.8, 4) is 0 Å². The first-order valence-corrected chi connectivity index (χ1v) is 5.17. The van der Waals surface area contributed by atoms with Gasteiger partial charge < -0.3 is 0 Å². The van der Waals surface area contributed by atoms with Gasteiger partial charge in [0.1, 0.15) is 4.60 Å². The molecule has 0 saturated carbocycles. The maximum atomic E-state index is 4.37. The van der Waals surface area contributed by atoms with E-state index in [-0.39, 0.29) is 0 Å². The Hall–Kier alpha value is -1.35. The van der Waals surface area contributed by atoms with Crippen molar-refractivity contribution in [2.75, 3.05) is 0 Å². The summed E-state index contributed by atoms with van der Waals surface area (Å²) in [4.78, 5) is 0. The van der Waals surface area contributed by atoms with Crippen LogP contribution in [-0.2, 0) is 0 Å². The predicted octanol–water partition coefficient (Wildman–Crippen LogP) is 3.25. The zero-order valence-corrected chi connectivity index (χ0v) is 8.90. The minimum atomic E-state index is 0.869. The molecule has 0 N–H and O–H groups in total. The van der Waals surface area contributed by atoms with Crippen LogP contribution in [0.4, 0.5) is 0 Å². The summed E-state index contributed by atoms with van der Waals surface area (Å²) in [5, 5.41) is 5.58. The van der Waals surface area contributed by atoms with Crippen molar-refractivity contribution in [2.24, 2.45) is 0 Å². The van der Waals surface area contributed by atoms with Gasteiger partial charge in [0.2, 0.25) is 0 Å². The smallest absolute Gasteiger partial charge is 0.129 e. The second-order valence-corrected chi connectivity index (χ2v) is 4.01. The van der Waals surface area contributed by atoms with Crippen LogP contribution in [0.25, 0.3) is 16.4 Å². The Morgan fingerprint density at radius 1 is 1.07 bits per heavy atom. The van der Waals surface area contributed by atoms with Gasteiger partial charge in [0.15, 0.2) is 0 Å². The molecule has 0 bridgehead atoms. The van der Waals surface area contributed by atoms with E-state index >= 15 is 0 Å². The van der Waals surface area contributed by atoms with Crippen molar-refractivity contribution in [3.05, 3.63) is 47.1 Å². The van der Waals surface area contributed by atoms with Crippen LogP contribution < -0.4 is 0 Å². The number of nitrogens with zero attached hydrogens (tertiary/aromatic N) is 2. The van der Waals surface area contributed by atoms with Gasteiger partial charge in [-0.2, -0.15) is 5.10 Å². The Balaban J connectivity index is 2.60. The minimum absolute atomic E-state index is 0.869. The van der Waals surface area contributed by atoms with Crippen molar-refractivity contribution in [1.82, 2.24) is 9.61 Å². The summed E-state index contributed by atoms with van der Waals surface area (Å²) in [7, 11) is 0. The molecular formula is C11H7BrN2. The molecule has 0 saturated heterocycles. The quantitative estimate of drug-likeness (QED) is 0.596. The molecule has 1 aromatic carbocycles. The van der Waals surface area contributed by atoms with Gasteiger partial charge in [-0.3, -0.25) is 0 Å². The Kier molecular flexibility index (Phi) is 1.61. The van der Waals surface area contributed by atoms with Gasteiger partial charge in [-0.15, -0.1) is 0 Å². The van der Waals surface area contributed by atoms with E-state index in [4.69, 9.17) is 0 Å². The molecule has 0 fully saturated rings. The lowest BCUT2D eigenvalue weighted by molar-refractivity contribution is 0.988. The first kappa shape index (κ1) is 8.00. The highest BCUT2D eigenvalue weighted by atomic mass is 79.9. The standard InChI is InChI=1S/C11H7BrN2/c12-11-7-9-6-5-8-3-1-2-4-10(8)14(9)13-11/h1-7H. The summed E-state index contributed by atoms with van der Waals surface area (Å²) in [6.07, 6.45) is 0. The molecule has 2 aromatic heterocycles. The molecule has 0 amide bonds. The molecule has 68 valence electrons. The Labute approximate surface area is 89.3 Å². The topological polar surface area (TPSA) is 17.3 Å². The number of rotatable bonds is 0. The molecule has 3 aromatic rings. The molecule has 2 nitrogen and oxygen atoms in total. The van der Waals surface area contributed by atoms with Crippen LogP contribution in [0, 0.1) is 0 Å². The predicted molar refractivity (Wildman–Crippen MR) is 60.4 cm³/mol. The van der Waals surface area contributed by atoms with E-state index < -0.39 is 0 Å². The largest absolute Gasteiger partial charge is 0.232 e. The molecule has 0 radical (unpaired) electrons. The fourth-order valence-electron chi connectivity index (χ4n) is 1.67. The lowest BCUT2D eigenvalue weighted by Crippen LogP contribution is -1.88. The number of aromatic nitrogens is 2. The van der Waals surface area contributed by atoms with Crippen LogP contribution >= 0.6 is 15.9 Å². The maximum absolute atomic E-state index is 4.37. The van der Waals surface area contributed by atoms with Crippen molar-refractivity contribution >= 4 is 32.3 Å². The lowest BCUT2D eigenvalue weighted by atomic mass is 10.2. The van der Waals surface area contributed by atoms with Crippen LogP contribution in [-0.4, -0.2) is 9.61 Å². The van der Waals surface area contributed by atoms with Crippen molar-refractivity contribution in [1.29, 1.82) is 0 Å². The monoisotopic (exact) mass is 246 g/mol. The Bertz CT molecular complexity index is 613. The van der Waals surface area contributed by atoms with Crippen molar-refractivity contribution in [3.63, 3.8) is 0 Å². The molecular weight excluding hydrogens is 240 g/mol. The Morgan fingerprint density at radius 3 is 2.86 bits per heavy atom. The number of pyridine rings is 1. The van der Waals surface area contributed by atoms with Crippen molar-refractivity contribution < 1.29 is 0 Å². The highest BCUT2D eigenvalue weighted by Gasteiger charge is 2.01. The summed E-state index contributed by atoms with van der Waals surface area (Å²) in [6.45, 7) is 0. The number of hydrogen-bond acceptors (Lipinski definition) is 1. The summed E-state index contributed by atoms with van der Waals surface area (Å²) >= 11 is 3.38. The molecule has 2 heterocycles. The minimum Gasteiger partial charge on any atom is -0.232 e. The molecule has 0 spiro atoms. The van der Waals surface area contributed by atoms with Gasteiger partial charge in [0.05, 0.1) is 11.0 Å². The van der Waals surface area contributed by atoms with E-state index in [0.29, 0.717) is 0 Å². The first-order chi connectivity index (χ1) is 6.84. The third-order valence-corrected chi connectivity index (χ3v) is 2.69. The normalized spacial score (nSPS) is 11.2. The summed E-state index contributed by atoms with van der Waals surface area (Å²) in [6, 6.07) is 14.4.